The van der Waals surface area contributed by atoms with Crippen molar-refractivity contribution < 1.29 is 19.0 Å². The molecule has 0 saturated heterocycles. The van der Waals surface area contributed by atoms with Gasteiger partial charge in [-0.2, -0.15) is 0 Å². The summed E-state index contributed by atoms with van der Waals surface area (Å²) in [5.41, 5.74) is 1.99. The monoisotopic (exact) mass is 336 g/mol. The van der Waals surface area contributed by atoms with E-state index < -0.39 is 5.60 Å². The highest BCUT2D eigenvalue weighted by Gasteiger charge is 2.22. The number of nitrogens with zero attached hydrogens (tertiary/aromatic N) is 1. The van der Waals surface area contributed by atoms with Crippen molar-refractivity contribution >= 4 is 6.09 Å². The average molecular weight is 336 g/mol. The number of methoxy groups -OCH3 is 2. The number of amides is 1. The molecule has 0 saturated carbocycles. The van der Waals surface area contributed by atoms with E-state index in [1.54, 1.807) is 14.2 Å². The predicted octanol–water partition coefficient (Wildman–Crippen LogP) is 2.59. The summed E-state index contributed by atoms with van der Waals surface area (Å²) < 4.78 is 16.1. The molecule has 0 unspecified atom stereocenters. The van der Waals surface area contributed by atoms with E-state index in [0.717, 1.165) is 37.6 Å². The van der Waals surface area contributed by atoms with Gasteiger partial charge in [-0.3, -0.25) is 4.90 Å². The van der Waals surface area contributed by atoms with Gasteiger partial charge in [-0.25, -0.2) is 4.79 Å². The molecule has 0 atom stereocenters. The molecule has 6 heteroatoms. The standard InChI is InChI=1S/C18H28N2O4/c1-18(2,3)24-17(21)19-9-11-20-10-8-14-13(12-20)6-7-15(22-4)16(14)23-5/h6-7H,8-12H2,1-5H3,(H,19,21). The summed E-state index contributed by atoms with van der Waals surface area (Å²) in [5.74, 6) is 1.61. The van der Waals surface area contributed by atoms with Crippen LogP contribution < -0.4 is 14.8 Å². The molecule has 0 fully saturated rings. The number of carbonyl (C=O) groups is 1. The van der Waals surface area contributed by atoms with Crippen LogP contribution in [0.2, 0.25) is 0 Å². The first-order valence-corrected chi connectivity index (χ1v) is 8.26. The number of benzene rings is 1. The molecule has 1 heterocycles. The third-order valence-corrected chi connectivity index (χ3v) is 3.91. The normalized spacial score (nSPS) is 14.7. The van der Waals surface area contributed by atoms with Crippen LogP contribution in [0.4, 0.5) is 4.79 Å². The fraction of sp³-hybridized carbons (Fsp3) is 0.611. The van der Waals surface area contributed by atoms with Crippen LogP contribution in [0.25, 0.3) is 0 Å². The second-order valence-electron chi connectivity index (χ2n) is 6.89. The van der Waals surface area contributed by atoms with Crippen LogP contribution in [0.15, 0.2) is 12.1 Å². The Morgan fingerprint density at radius 2 is 2.00 bits per heavy atom. The van der Waals surface area contributed by atoms with Crippen LogP contribution in [0, 0.1) is 0 Å². The van der Waals surface area contributed by atoms with E-state index in [-0.39, 0.29) is 6.09 Å². The van der Waals surface area contributed by atoms with E-state index in [9.17, 15) is 4.79 Å². The Morgan fingerprint density at radius 3 is 2.62 bits per heavy atom. The van der Waals surface area contributed by atoms with Gasteiger partial charge < -0.3 is 19.5 Å². The lowest BCUT2D eigenvalue weighted by molar-refractivity contribution is 0.0521. The quantitative estimate of drug-likeness (QED) is 0.895. The summed E-state index contributed by atoms with van der Waals surface area (Å²) in [4.78, 5) is 14.0. The number of ether oxygens (including phenoxy) is 3. The molecule has 6 nitrogen and oxygen atoms in total. The second kappa shape index (κ2) is 7.75. The average Bonchev–Trinajstić information content (AvgIpc) is 2.51. The summed E-state index contributed by atoms with van der Waals surface area (Å²) >= 11 is 0. The van der Waals surface area contributed by atoms with Gasteiger partial charge in [0.05, 0.1) is 14.2 Å². The largest absolute Gasteiger partial charge is 0.493 e. The molecule has 0 radical (unpaired) electrons. The molecular formula is C18H28N2O4. The lowest BCUT2D eigenvalue weighted by Gasteiger charge is -2.30. The zero-order valence-corrected chi connectivity index (χ0v) is 15.3. The lowest BCUT2D eigenvalue weighted by Crippen LogP contribution is -2.39. The Bertz CT molecular complexity index is 581. The third kappa shape index (κ3) is 4.77. The zero-order chi connectivity index (χ0) is 17.7. The number of fused-ring (bicyclic) bond motifs is 1. The molecule has 0 aliphatic carbocycles. The van der Waals surface area contributed by atoms with Crippen LogP contribution in [0.5, 0.6) is 11.5 Å². The number of hydrogen-bond acceptors (Lipinski definition) is 5. The molecule has 2 rings (SSSR count). The number of alkyl carbamates (subject to hydrolysis) is 1. The van der Waals surface area contributed by atoms with E-state index >= 15 is 0 Å². The van der Waals surface area contributed by atoms with Crippen molar-refractivity contribution in [2.45, 2.75) is 39.3 Å². The lowest BCUT2D eigenvalue weighted by atomic mass is 9.98. The van der Waals surface area contributed by atoms with Gasteiger partial charge in [0.1, 0.15) is 5.60 Å². The fourth-order valence-corrected chi connectivity index (χ4v) is 2.86. The van der Waals surface area contributed by atoms with E-state index in [1.165, 1.54) is 11.1 Å². The van der Waals surface area contributed by atoms with Crippen LogP contribution in [0.1, 0.15) is 31.9 Å². The van der Waals surface area contributed by atoms with Gasteiger partial charge in [-0.15, -0.1) is 0 Å². The molecule has 134 valence electrons. The van der Waals surface area contributed by atoms with Crippen molar-refractivity contribution in [3.05, 3.63) is 23.3 Å². The van der Waals surface area contributed by atoms with Crippen molar-refractivity contribution in [3.8, 4) is 11.5 Å². The molecule has 1 N–H and O–H groups in total. The summed E-state index contributed by atoms with van der Waals surface area (Å²) in [6.07, 6.45) is 0.536. The SMILES string of the molecule is COc1ccc2c(c1OC)CCN(CCNC(=O)OC(C)(C)C)C2. The van der Waals surface area contributed by atoms with Crippen LogP contribution in [-0.2, 0) is 17.7 Å². The van der Waals surface area contributed by atoms with Gasteiger partial charge in [-0.05, 0) is 38.8 Å². The molecule has 1 aliphatic heterocycles. The maximum atomic E-state index is 11.7. The molecule has 1 aliphatic rings. The van der Waals surface area contributed by atoms with Gasteiger partial charge in [0.25, 0.3) is 0 Å². The number of hydrogen-bond donors (Lipinski definition) is 1. The molecule has 0 aromatic heterocycles. The van der Waals surface area contributed by atoms with Gasteiger partial charge in [-0.1, -0.05) is 6.07 Å². The topological polar surface area (TPSA) is 60.0 Å². The van der Waals surface area contributed by atoms with Gasteiger partial charge in [0.15, 0.2) is 11.5 Å². The Kier molecular flexibility index (Phi) is 5.94. The molecular weight excluding hydrogens is 308 g/mol. The predicted molar refractivity (Wildman–Crippen MR) is 92.8 cm³/mol. The van der Waals surface area contributed by atoms with Crippen LogP contribution in [0.3, 0.4) is 0 Å². The maximum absolute atomic E-state index is 11.7. The number of rotatable bonds is 5. The summed E-state index contributed by atoms with van der Waals surface area (Å²) in [6, 6.07) is 4.03. The van der Waals surface area contributed by atoms with Crippen molar-refractivity contribution in [1.29, 1.82) is 0 Å². The van der Waals surface area contributed by atoms with Crippen molar-refractivity contribution in [3.63, 3.8) is 0 Å². The minimum atomic E-state index is -0.468. The van der Waals surface area contributed by atoms with Gasteiger partial charge >= 0.3 is 6.09 Å². The molecule has 1 amide bonds. The maximum Gasteiger partial charge on any atom is 0.407 e. The second-order valence-corrected chi connectivity index (χ2v) is 6.89. The summed E-state index contributed by atoms with van der Waals surface area (Å²) in [7, 11) is 3.33. The van der Waals surface area contributed by atoms with E-state index in [4.69, 9.17) is 14.2 Å². The molecule has 0 spiro atoms. The van der Waals surface area contributed by atoms with Crippen LogP contribution in [-0.4, -0.2) is 50.4 Å². The van der Waals surface area contributed by atoms with E-state index in [1.807, 2.05) is 26.8 Å². The van der Waals surface area contributed by atoms with Crippen molar-refractivity contribution in [1.82, 2.24) is 10.2 Å². The Morgan fingerprint density at radius 1 is 1.25 bits per heavy atom. The minimum absolute atomic E-state index is 0.369. The fourth-order valence-electron chi connectivity index (χ4n) is 2.86. The summed E-state index contributed by atoms with van der Waals surface area (Å²) in [6.45, 7) is 8.68. The van der Waals surface area contributed by atoms with Gasteiger partial charge in [0.2, 0.25) is 0 Å². The Hall–Kier alpha value is -1.95. The Balaban J connectivity index is 1.88. The highest BCUT2D eigenvalue weighted by atomic mass is 16.6. The van der Waals surface area contributed by atoms with E-state index in [2.05, 4.69) is 16.3 Å². The van der Waals surface area contributed by atoms with Crippen LogP contribution >= 0.6 is 0 Å². The minimum Gasteiger partial charge on any atom is -0.493 e. The zero-order valence-electron chi connectivity index (χ0n) is 15.3. The Labute approximate surface area is 144 Å². The smallest absolute Gasteiger partial charge is 0.407 e. The highest BCUT2D eigenvalue weighted by Crippen LogP contribution is 2.36. The van der Waals surface area contributed by atoms with Gasteiger partial charge in [0, 0.05) is 31.7 Å². The first kappa shape index (κ1) is 18.4. The molecule has 24 heavy (non-hydrogen) atoms. The van der Waals surface area contributed by atoms with Crippen molar-refractivity contribution in [2.24, 2.45) is 0 Å². The third-order valence-electron chi connectivity index (χ3n) is 3.91. The highest BCUT2D eigenvalue weighted by molar-refractivity contribution is 5.67. The summed E-state index contributed by atoms with van der Waals surface area (Å²) in [5, 5.41) is 2.80. The van der Waals surface area contributed by atoms with Crippen molar-refractivity contribution in [2.75, 3.05) is 33.9 Å². The molecule has 1 aromatic rings. The molecule has 0 bridgehead atoms. The number of carbonyl (C=O) groups excluding carboxylic acids is 1. The number of nitrogens with one attached hydrogen (secondary N) is 1. The molecule has 1 aromatic carbocycles. The van der Waals surface area contributed by atoms with E-state index in [0.29, 0.717) is 6.54 Å². The first-order chi connectivity index (χ1) is 11.3. The first-order valence-electron chi connectivity index (χ1n) is 8.26.